The number of dihydropyridines is 1. The van der Waals surface area contributed by atoms with Crippen LogP contribution in [0.1, 0.15) is 25.0 Å². The fourth-order valence-electron chi connectivity index (χ4n) is 4.42. The Morgan fingerprint density at radius 1 is 1.31 bits per heavy atom. The molecule has 1 aromatic rings. The van der Waals surface area contributed by atoms with E-state index >= 15 is 0 Å². The van der Waals surface area contributed by atoms with Crippen LogP contribution in [0.4, 0.5) is 11.4 Å². The van der Waals surface area contributed by atoms with E-state index in [1.807, 2.05) is 32.2 Å². The number of nitrogens with one attached hydrogen (secondary N) is 2. The lowest BCUT2D eigenvalue weighted by Crippen LogP contribution is -2.31. The molecule has 36 heavy (non-hydrogen) atoms. The van der Waals surface area contributed by atoms with E-state index in [-0.39, 0.29) is 11.8 Å². The summed E-state index contributed by atoms with van der Waals surface area (Å²) in [5.74, 6) is 0.207. The van der Waals surface area contributed by atoms with Gasteiger partial charge in [-0.3, -0.25) is 24.7 Å². The van der Waals surface area contributed by atoms with Crippen molar-refractivity contribution in [3.63, 3.8) is 0 Å². The molecule has 1 aliphatic carbocycles. The lowest BCUT2D eigenvalue weighted by molar-refractivity contribution is -0.117. The van der Waals surface area contributed by atoms with Crippen LogP contribution in [0, 0.1) is 18.3 Å². The lowest BCUT2D eigenvalue weighted by atomic mass is 9.97. The van der Waals surface area contributed by atoms with Crippen molar-refractivity contribution in [2.24, 2.45) is 38.5 Å². The number of aryl methyl sites for hydroxylation is 1. The number of carbonyl (C=O) groups excluding carboxylic acids is 1. The summed E-state index contributed by atoms with van der Waals surface area (Å²) in [6.07, 6.45) is 14.1. The first-order valence-electron chi connectivity index (χ1n) is 12.2. The number of pyridine rings is 1. The average Bonchev–Trinajstić information content (AvgIpc) is 3.54. The fraction of sp³-hybridized carbons (Fsp3) is 0.462. The minimum atomic E-state index is 0.0513. The molecule has 3 aliphatic rings. The van der Waals surface area contributed by atoms with Crippen LogP contribution < -0.4 is 27.8 Å². The average molecular weight is 494 g/mol. The summed E-state index contributed by atoms with van der Waals surface area (Å²) in [5.41, 5.74) is 21.8. The summed E-state index contributed by atoms with van der Waals surface area (Å²) < 4.78 is 0. The Labute approximate surface area is 213 Å². The van der Waals surface area contributed by atoms with Gasteiger partial charge < -0.3 is 27.8 Å². The Morgan fingerprint density at radius 2 is 2.08 bits per heavy atom. The van der Waals surface area contributed by atoms with Crippen molar-refractivity contribution in [1.29, 1.82) is 0 Å². The van der Waals surface area contributed by atoms with E-state index in [0.717, 1.165) is 35.7 Å². The Kier molecular flexibility index (Phi) is 9.24. The van der Waals surface area contributed by atoms with E-state index in [1.54, 1.807) is 25.7 Å². The summed E-state index contributed by atoms with van der Waals surface area (Å²) in [6, 6.07) is 1.92. The van der Waals surface area contributed by atoms with Gasteiger partial charge >= 0.3 is 0 Å². The molecule has 2 aliphatic heterocycles. The predicted molar refractivity (Wildman–Crippen MR) is 148 cm³/mol. The fourth-order valence-corrected chi connectivity index (χ4v) is 4.42. The molecule has 0 bridgehead atoms. The van der Waals surface area contributed by atoms with Crippen molar-refractivity contribution in [2.45, 2.75) is 26.2 Å². The van der Waals surface area contributed by atoms with Crippen LogP contribution in [-0.2, 0) is 4.79 Å². The standard InChI is InChI=1S/C15H22N4O.C11H17N5/c1-11-13(16-2)7-12(8-17-11)18-14(20)9-19-6-5-15(10-19)3-4-15;1-15-6-9(4-12)8-2-3-11(16-7-8)10(14)5-13/h7-8,16H,3-6,9-10H2,1-2H3,(H,18,20);2-6,8H,7,12-14H2,1H3/b;9-4+,10-5-,15-6?. The van der Waals surface area contributed by atoms with Gasteiger partial charge in [-0.05, 0) is 62.1 Å². The van der Waals surface area contributed by atoms with Crippen molar-refractivity contribution in [3.05, 3.63) is 53.8 Å². The second kappa shape index (κ2) is 12.3. The van der Waals surface area contributed by atoms with Gasteiger partial charge in [0.05, 0.1) is 47.8 Å². The zero-order valence-corrected chi connectivity index (χ0v) is 21.5. The third kappa shape index (κ3) is 7.17. The van der Waals surface area contributed by atoms with Crippen LogP contribution in [0.2, 0.25) is 0 Å². The molecule has 10 nitrogen and oxygen atoms in total. The Balaban J connectivity index is 0.000000207. The molecular formula is C26H39N9O. The highest BCUT2D eigenvalue weighted by Gasteiger charge is 2.47. The highest BCUT2D eigenvalue weighted by atomic mass is 16.2. The van der Waals surface area contributed by atoms with E-state index in [0.29, 0.717) is 29.9 Å². The van der Waals surface area contributed by atoms with E-state index < -0.39 is 0 Å². The summed E-state index contributed by atoms with van der Waals surface area (Å²) in [7, 11) is 3.56. The zero-order valence-electron chi connectivity index (χ0n) is 21.5. The maximum Gasteiger partial charge on any atom is 0.238 e. The number of carbonyl (C=O) groups is 1. The maximum absolute atomic E-state index is 12.1. The number of allylic oxidation sites excluding steroid dienone is 1. The molecule has 1 unspecified atom stereocenters. The number of likely N-dealkylation sites (tertiary alicyclic amines) is 1. The molecule has 1 amide bonds. The normalized spacial score (nSPS) is 21.2. The van der Waals surface area contributed by atoms with E-state index in [2.05, 4.69) is 30.5 Å². The monoisotopic (exact) mass is 493 g/mol. The molecule has 10 heteroatoms. The highest BCUT2D eigenvalue weighted by Crippen LogP contribution is 2.52. The second-order valence-electron chi connectivity index (χ2n) is 9.48. The number of amides is 1. The van der Waals surface area contributed by atoms with Crippen LogP contribution in [0.3, 0.4) is 0 Å². The van der Waals surface area contributed by atoms with Gasteiger partial charge in [-0.1, -0.05) is 6.08 Å². The predicted octanol–water partition coefficient (Wildman–Crippen LogP) is 1.77. The smallest absolute Gasteiger partial charge is 0.238 e. The third-order valence-corrected chi connectivity index (χ3v) is 6.80. The highest BCUT2D eigenvalue weighted by molar-refractivity contribution is 6.08. The number of rotatable bonds is 7. The third-order valence-electron chi connectivity index (χ3n) is 6.80. The molecule has 1 aromatic heterocycles. The van der Waals surface area contributed by atoms with Gasteiger partial charge in [-0.25, -0.2) is 0 Å². The number of hydrogen-bond acceptors (Lipinski definition) is 9. The number of aromatic nitrogens is 1. The largest absolute Gasteiger partial charge is 0.404 e. The maximum atomic E-state index is 12.1. The Hall–Kier alpha value is -3.66. The van der Waals surface area contributed by atoms with Crippen LogP contribution in [0.5, 0.6) is 0 Å². The molecule has 1 saturated carbocycles. The first-order valence-corrected chi connectivity index (χ1v) is 12.2. The van der Waals surface area contributed by atoms with Gasteiger partial charge in [0.2, 0.25) is 5.91 Å². The summed E-state index contributed by atoms with van der Waals surface area (Å²) in [5, 5.41) is 6.01. The SMILES string of the molecule is CN=C/C(=C\N)C1C=CC(/C(N)=C/N)=NC1.CNc1cc(NC(=O)CN2CCC3(CC3)C2)cnc1C. The van der Waals surface area contributed by atoms with Gasteiger partial charge in [0.25, 0.3) is 0 Å². The molecular weight excluding hydrogens is 454 g/mol. The number of anilines is 2. The minimum absolute atomic E-state index is 0.0513. The Morgan fingerprint density at radius 3 is 2.64 bits per heavy atom. The number of aliphatic imine (C=N–C) groups is 2. The summed E-state index contributed by atoms with van der Waals surface area (Å²) in [4.78, 5) is 26.9. The summed E-state index contributed by atoms with van der Waals surface area (Å²) in [6.45, 7) is 5.19. The number of nitrogens with zero attached hydrogens (tertiary/aromatic N) is 4. The first kappa shape index (κ1) is 26.9. The lowest BCUT2D eigenvalue weighted by Gasteiger charge is -2.16. The van der Waals surface area contributed by atoms with Gasteiger partial charge in [0.1, 0.15) is 0 Å². The molecule has 0 aromatic carbocycles. The molecule has 1 spiro atoms. The molecule has 0 radical (unpaired) electrons. The first-order chi connectivity index (χ1) is 17.3. The van der Waals surface area contributed by atoms with E-state index in [1.165, 1.54) is 25.5 Å². The van der Waals surface area contributed by atoms with E-state index in [9.17, 15) is 4.79 Å². The molecule has 8 N–H and O–H groups in total. The van der Waals surface area contributed by atoms with Crippen molar-refractivity contribution >= 4 is 29.2 Å². The Bertz CT molecular complexity index is 1080. The molecule has 1 saturated heterocycles. The number of nitrogens with two attached hydrogens (primary N) is 3. The molecule has 1 atom stereocenters. The van der Waals surface area contributed by atoms with Gasteiger partial charge in [0.15, 0.2) is 0 Å². The zero-order chi connectivity index (χ0) is 26.1. The van der Waals surface area contributed by atoms with Crippen molar-refractivity contribution in [3.8, 4) is 0 Å². The second-order valence-corrected chi connectivity index (χ2v) is 9.48. The van der Waals surface area contributed by atoms with Crippen LogP contribution >= 0.6 is 0 Å². The van der Waals surface area contributed by atoms with Crippen LogP contribution in [0.25, 0.3) is 0 Å². The van der Waals surface area contributed by atoms with Crippen molar-refractivity contribution < 1.29 is 4.79 Å². The number of hydrogen-bond donors (Lipinski definition) is 5. The topological polar surface area (TPSA) is 160 Å². The molecule has 4 rings (SSSR count). The molecule has 194 valence electrons. The minimum Gasteiger partial charge on any atom is -0.404 e. The van der Waals surface area contributed by atoms with Crippen LogP contribution in [0.15, 0.2) is 58.1 Å². The van der Waals surface area contributed by atoms with Crippen molar-refractivity contribution in [2.75, 3.05) is 50.9 Å². The van der Waals surface area contributed by atoms with E-state index in [4.69, 9.17) is 17.2 Å². The van der Waals surface area contributed by atoms with Gasteiger partial charge in [0, 0.05) is 39.0 Å². The van der Waals surface area contributed by atoms with Crippen LogP contribution in [-0.4, -0.2) is 68.0 Å². The van der Waals surface area contributed by atoms with Gasteiger partial charge in [-0.15, -0.1) is 0 Å². The molecule has 2 fully saturated rings. The van der Waals surface area contributed by atoms with Crippen molar-refractivity contribution in [1.82, 2.24) is 9.88 Å². The quantitative estimate of drug-likeness (QED) is 0.362. The van der Waals surface area contributed by atoms with Gasteiger partial charge in [-0.2, -0.15) is 0 Å². The molecule has 3 heterocycles. The summed E-state index contributed by atoms with van der Waals surface area (Å²) >= 11 is 0.